The van der Waals surface area contributed by atoms with Crippen LogP contribution in [0.1, 0.15) is 6.42 Å². The summed E-state index contributed by atoms with van der Waals surface area (Å²) in [5, 5.41) is 2.89. The van der Waals surface area contributed by atoms with Crippen LogP contribution in [0.25, 0.3) is 0 Å². The Balaban J connectivity index is 2.07. The largest absolute Gasteiger partial charge is 0.383 e. The van der Waals surface area contributed by atoms with Crippen molar-refractivity contribution in [1.82, 2.24) is 10.2 Å². The van der Waals surface area contributed by atoms with E-state index < -0.39 is 0 Å². The molecule has 0 saturated carbocycles. The van der Waals surface area contributed by atoms with Crippen molar-refractivity contribution in [3.05, 3.63) is 30.1 Å². The minimum Gasteiger partial charge on any atom is -0.383 e. The summed E-state index contributed by atoms with van der Waals surface area (Å²) in [4.78, 5) is 14.7. The molecule has 1 N–H and O–H groups in total. The van der Waals surface area contributed by atoms with Crippen LogP contribution < -0.4 is 5.32 Å². The molecule has 0 unspecified atom stereocenters. The minimum atomic E-state index is -0.241. The number of hydrogen-bond acceptors (Lipinski definition) is 4. The molecule has 0 spiro atoms. The summed E-state index contributed by atoms with van der Waals surface area (Å²) in [6.07, 6.45) is 0.462. The molecule has 0 bridgehead atoms. The van der Waals surface area contributed by atoms with Gasteiger partial charge in [-0.2, -0.15) is 0 Å². The van der Waals surface area contributed by atoms with E-state index in [4.69, 9.17) is 4.74 Å². The molecule has 118 valence electrons. The smallest absolute Gasteiger partial charge is 0.220 e. The molecule has 0 aliphatic carbocycles. The number of likely N-dealkylation sites (N-methyl/N-ethyl adjacent to an activating group) is 1. The highest BCUT2D eigenvalue weighted by Crippen LogP contribution is 2.18. The fraction of sp³-hybridized carbons (Fsp3) is 0.533. The average molecular weight is 314 g/mol. The summed E-state index contributed by atoms with van der Waals surface area (Å²) in [5.41, 5.74) is 0. The van der Waals surface area contributed by atoms with Crippen LogP contribution in [0.4, 0.5) is 4.39 Å². The molecule has 0 heterocycles. The molecule has 1 aromatic carbocycles. The fourth-order valence-corrected chi connectivity index (χ4v) is 2.48. The van der Waals surface area contributed by atoms with Gasteiger partial charge in [0.25, 0.3) is 0 Å². The lowest BCUT2D eigenvalue weighted by Crippen LogP contribution is -2.34. The minimum absolute atomic E-state index is 0.0461. The summed E-state index contributed by atoms with van der Waals surface area (Å²) in [6, 6.07) is 6.31. The number of halogens is 1. The lowest BCUT2D eigenvalue weighted by atomic mass is 10.4. The van der Waals surface area contributed by atoms with Gasteiger partial charge in [0, 0.05) is 43.8 Å². The highest BCUT2D eigenvalue weighted by molar-refractivity contribution is 7.99. The molecule has 0 aliphatic rings. The zero-order valence-electron chi connectivity index (χ0n) is 12.6. The second-order valence-electron chi connectivity index (χ2n) is 4.70. The third kappa shape index (κ3) is 8.70. The highest BCUT2D eigenvalue weighted by Gasteiger charge is 2.03. The van der Waals surface area contributed by atoms with Crippen LogP contribution in [0.3, 0.4) is 0 Å². The lowest BCUT2D eigenvalue weighted by Gasteiger charge is -2.16. The number of carbonyl (C=O) groups is 1. The van der Waals surface area contributed by atoms with Crippen molar-refractivity contribution >= 4 is 17.7 Å². The molecule has 6 heteroatoms. The van der Waals surface area contributed by atoms with Gasteiger partial charge in [0.15, 0.2) is 0 Å². The Morgan fingerprint density at radius 2 is 2.05 bits per heavy atom. The molecule has 1 amide bonds. The first-order valence-electron chi connectivity index (χ1n) is 6.94. The van der Waals surface area contributed by atoms with E-state index >= 15 is 0 Å². The molecule has 0 aliphatic heterocycles. The maximum absolute atomic E-state index is 12.7. The summed E-state index contributed by atoms with van der Waals surface area (Å²) in [5.74, 6) is 0.496. The zero-order valence-corrected chi connectivity index (χ0v) is 13.4. The maximum Gasteiger partial charge on any atom is 0.220 e. The third-order valence-corrected chi connectivity index (χ3v) is 3.92. The van der Waals surface area contributed by atoms with Gasteiger partial charge in [0.05, 0.1) is 6.61 Å². The van der Waals surface area contributed by atoms with Gasteiger partial charge in [-0.3, -0.25) is 4.79 Å². The van der Waals surface area contributed by atoms with Gasteiger partial charge < -0.3 is 15.0 Å². The first-order valence-corrected chi connectivity index (χ1v) is 7.93. The Labute approximate surface area is 130 Å². The number of thioether (sulfide) groups is 1. The Bertz CT molecular complexity index is 415. The monoisotopic (exact) mass is 314 g/mol. The summed E-state index contributed by atoms with van der Waals surface area (Å²) >= 11 is 1.55. The van der Waals surface area contributed by atoms with Crippen LogP contribution in [-0.4, -0.2) is 57.0 Å². The van der Waals surface area contributed by atoms with Crippen LogP contribution in [0.15, 0.2) is 29.2 Å². The molecule has 1 rings (SSSR count). The predicted molar refractivity (Wildman–Crippen MR) is 84.1 cm³/mol. The molecule has 0 aromatic heterocycles. The molecule has 1 aromatic rings. The van der Waals surface area contributed by atoms with Crippen LogP contribution in [0.2, 0.25) is 0 Å². The summed E-state index contributed by atoms with van der Waals surface area (Å²) in [7, 11) is 3.67. The van der Waals surface area contributed by atoms with Crippen molar-refractivity contribution < 1.29 is 13.9 Å². The predicted octanol–water partition coefficient (Wildman–Crippen LogP) is 2.00. The average Bonchev–Trinajstić information content (AvgIpc) is 2.47. The zero-order chi connectivity index (χ0) is 15.5. The lowest BCUT2D eigenvalue weighted by molar-refractivity contribution is -0.120. The van der Waals surface area contributed by atoms with E-state index in [2.05, 4.69) is 10.2 Å². The van der Waals surface area contributed by atoms with E-state index in [0.29, 0.717) is 25.3 Å². The van der Waals surface area contributed by atoms with Crippen molar-refractivity contribution in [2.75, 3.05) is 46.2 Å². The second-order valence-corrected chi connectivity index (χ2v) is 5.87. The van der Waals surface area contributed by atoms with Crippen LogP contribution in [0.5, 0.6) is 0 Å². The molecule has 0 atom stereocenters. The molecule has 0 fully saturated rings. The fourth-order valence-electron chi connectivity index (χ4n) is 1.63. The van der Waals surface area contributed by atoms with Gasteiger partial charge >= 0.3 is 0 Å². The van der Waals surface area contributed by atoms with Gasteiger partial charge in [0.1, 0.15) is 5.82 Å². The van der Waals surface area contributed by atoms with E-state index in [0.717, 1.165) is 18.0 Å². The van der Waals surface area contributed by atoms with Gasteiger partial charge in [-0.15, -0.1) is 11.8 Å². The standard InChI is InChI=1S/C15H23FN2O2S/c1-18(10-11-20-2)9-8-17-15(19)7-12-21-14-5-3-13(16)4-6-14/h3-6H,7-12H2,1-2H3,(H,17,19). The number of hydrogen-bond donors (Lipinski definition) is 1. The molecule has 4 nitrogen and oxygen atoms in total. The van der Waals surface area contributed by atoms with E-state index in [-0.39, 0.29) is 11.7 Å². The van der Waals surface area contributed by atoms with Crippen molar-refractivity contribution in [3.63, 3.8) is 0 Å². The van der Waals surface area contributed by atoms with Crippen molar-refractivity contribution in [1.29, 1.82) is 0 Å². The van der Waals surface area contributed by atoms with Crippen molar-refractivity contribution in [2.24, 2.45) is 0 Å². The Kier molecular flexibility index (Phi) is 9.05. The quantitative estimate of drug-likeness (QED) is 0.671. The molecule has 0 saturated heterocycles. The normalized spacial score (nSPS) is 10.9. The van der Waals surface area contributed by atoms with E-state index in [9.17, 15) is 9.18 Å². The Morgan fingerprint density at radius 3 is 2.71 bits per heavy atom. The van der Waals surface area contributed by atoms with Crippen LogP contribution in [0, 0.1) is 5.82 Å². The summed E-state index contributed by atoms with van der Waals surface area (Å²) in [6.45, 7) is 2.99. The number of ether oxygens (including phenoxy) is 1. The number of nitrogens with zero attached hydrogens (tertiary/aromatic N) is 1. The van der Waals surface area contributed by atoms with Crippen molar-refractivity contribution in [2.45, 2.75) is 11.3 Å². The van der Waals surface area contributed by atoms with Gasteiger partial charge in [-0.1, -0.05) is 0 Å². The first kappa shape index (κ1) is 17.9. The van der Waals surface area contributed by atoms with E-state index in [1.54, 1.807) is 31.0 Å². The van der Waals surface area contributed by atoms with E-state index in [1.165, 1.54) is 12.1 Å². The SMILES string of the molecule is COCCN(C)CCNC(=O)CCSc1ccc(F)cc1. The van der Waals surface area contributed by atoms with Crippen LogP contribution >= 0.6 is 11.8 Å². The number of carbonyl (C=O) groups excluding carboxylic acids is 1. The number of rotatable bonds is 10. The van der Waals surface area contributed by atoms with Gasteiger partial charge in [-0.25, -0.2) is 4.39 Å². The first-order chi connectivity index (χ1) is 10.1. The molecule has 21 heavy (non-hydrogen) atoms. The molecular formula is C15H23FN2O2S. The summed E-state index contributed by atoms with van der Waals surface area (Å²) < 4.78 is 17.7. The second kappa shape index (κ2) is 10.6. The molecular weight excluding hydrogens is 291 g/mol. The van der Waals surface area contributed by atoms with Crippen LogP contribution in [-0.2, 0) is 9.53 Å². The maximum atomic E-state index is 12.7. The molecule has 0 radical (unpaired) electrons. The van der Waals surface area contributed by atoms with Crippen molar-refractivity contribution in [3.8, 4) is 0 Å². The number of methoxy groups -OCH3 is 1. The number of amides is 1. The van der Waals surface area contributed by atoms with Gasteiger partial charge in [0.2, 0.25) is 5.91 Å². The van der Waals surface area contributed by atoms with E-state index in [1.807, 2.05) is 7.05 Å². The Morgan fingerprint density at radius 1 is 1.33 bits per heavy atom. The third-order valence-electron chi connectivity index (χ3n) is 2.90. The van der Waals surface area contributed by atoms with Gasteiger partial charge in [-0.05, 0) is 31.3 Å². The number of nitrogens with one attached hydrogen (secondary N) is 1. The topological polar surface area (TPSA) is 41.6 Å². The number of benzene rings is 1. The highest BCUT2D eigenvalue weighted by atomic mass is 32.2. The Hall–Kier alpha value is -1.11.